The van der Waals surface area contributed by atoms with Crippen LogP contribution in [0.1, 0.15) is 12.5 Å². The first kappa shape index (κ1) is 12.4. The van der Waals surface area contributed by atoms with E-state index in [2.05, 4.69) is 11.9 Å². The maximum atomic E-state index is 11.7. The molecule has 0 radical (unpaired) electrons. The first-order chi connectivity index (χ1) is 7.47. The van der Waals surface area contributed by atoms with Gasteiger partial charge in [0.2, 0.25) is 0 Å². The molecule has 88 valence electrons. The number of nitrogens with one attached hydrogen (secondary N) is 1. The molecular formula is C11H17N3O2. The topological polar surface area (TPSA) is 56.0 Å². The van der Waals surface area contributed by atoms with Crippen LogP contribution >= 0.6 is 0 Å². The molecule has 0 amide bonds. The van der Waals surface area contributed by atoms with Crippen molar-refractivity contribution < 1.29 is 0 Å². The molecule has 0 aliphatic heterocycles. The summed E-state index contributed by atoms with van der Waals surface area (Å²) in [6, 6.07) is 0.127. The summed E-state index contributed by atoms with van der Waals surface area (Å²) < 4.78 is 2.51. The Bertz CT molecular complexity index is 499. The smallest absolute Gasteiger partial charge is 0.306 e. The second-order valence-corrected chi connectivity index (χ2v) is 3.82. The molecule has 5 nitrogen and oxygen atoms in total. The largest absolute Gasteiger partial charge is 0.330 e. The molecule has 1 aromatic rings. The Morgan fingerprint density at radius 1 is 1.50 bits per heavy atom. The molecule has 0 saturated heterocycles. The number of nitrogens with zero attached hydrogens (tertiary/aromatic N) is 2. The molecule has 1 rings (SSSR count). The first-order valence-electron chi connectivity index (χ1n) is 5.09. The van der Waals surface area contributed by atoms with Crippen LogP contribution in [-0.2, 0) is 20.6 Å². The molecule has 1 N–H and O–H groups in total. The van der Waals surface area contributed by atoms with Crippen molar-refractivity contribution in [3.63, 3.8) is 0 Å². The minimum atomic E-state index is -0.314. The van der Waals surface area contributed by atoms with Crippen molar-refractivity contribution in [2.75, 3.05) is 0 Å². The lowest BCUT2D eigenvalue weighted by Crippen LogP contribution is -2.40. The van der Waals surface area contributed by atoms with Crippen LogP contribution in [0.4, 0.5) is 0 Å². The van der Waals surface area contributed by atoms with E-state index < -0.39 is 0 Å². The molecule has 0 spiro atoms. The minimum Gasteiger partial charge on any atom is -0.306 e. The highest BCUT2D eigenvalue weighted by molar-refractivity contribution is 5.05. The van der Waals surface area contributed by atoms with Crippen LogP contribution < -0.4 is 16.6 Å². The fourth-order valence-electron chi connectivity index (χ4n) is 1.36. The van der Waals surface area contributed by atoms with Gasteiger partial charge < -0.3 is 9.88 Å². The van der Waals surface area contributed by atoms with Gasteiger partial charge in [-0.2, -0.15) is 0 Å². The Hall–Kier alpha value is -1.62. The highest BCUT2D eigenvalue weighted by atomic mass is 16.2. The van der Waals surface area contributed by atoms with Crippen molar-refractivity contribution in [1.29, 1.82) is 0 Å². The molecule has 0 aromatic carbocycles. The molecule has 16 heavy (non-hydrogen) atoms. The third-order valence-electron chi connectivity index (χ3n) is 2.49. The van der Waals surface area contributed by atoms with Crippen molar-refractivity contribution >= 4 is 0 Å². The number of aryl methyl sites for hydroxylation is 1. The molecule has 1 aromatic heterocycles. The quantitative estimate of drug-likeness (QED) is 0.716. The summed E-state index contributed by atoms with van der Waals surface area (Å²) >= 11 is 0. The van der Waals surface area contributed by atoms with Crippen LogP contribution in [-0.4, -0.2) is 15.2 Å². The molecule has 0 aliphatic rings. The average Bonchev–Trinajstić information content (AvgIpc) is 2.28. The fraction of sp³-hybridized carbons (Fsp3) is 0.455. The molecule has 0 fully saturated rings. The zero-order valence-corrected chi connectivity index (χ0v) is 9.86. The van der Waals surface area contributed by atoms with E-state index in [9.17, 15) is 9.59 Å². The molecular weight excluding hydrogens is 206 g/mol. The molecule has 0 bridgehead atoms. The monoisotopic (exact) mass is 223 g/mol. The second-order valence-electron chi connectivity index (χ2n) is 3.82. The maximum absolute atomic E-state index is 11.7. The molecule has 1 heterocycles. The van der Waals surface area contributed by atoms with Crippen molar-refractivity contribution in [2.24, 2.45) is 14.1 Å². The summed E-state index contributed by atoms with van der Waals surface area (Å²) in [6.45, 7) is 6.01. The van der Waals surface area contributed by atoms with E-state index >= 15 is 0 Å². The maximum Gasteiger partial charge on any atom is 0.330 e. The summed E-state index contributed by atoms with van der Waals surface area (Å²) in [7, 11) is 3.10. The van der Waals surface area contributed by atoms with Crippen LogP contribution in [0.3, 0.4) is 0 Å². The van der Waals surface area contributed by atoms with Gasteiger partial charge in [-0.1, -0.05) is 6.08 Å². The van der Waals surface area contributed by atoms with E-state index in [0.717, 1.165) is 4.57 Å². The van der Waals surface area contributed by atoms with Crippen LogP contribution in [0.15, 0.2) is 28.4 Å². The average molecular weight is 223 g/mol. The van der Waals surface area contributed by atoms with Gasteiger partial charge in [-0.15, -0.1) is 6.58 Å². The SMILES string of the molecule is C=CC(C)NCc1cn(C)c(=O)n(C)c1=O. The summed E-state index contributed by atoms with van der Waals surface area (Å²) in [4.78, 5) is 23.2. The third-order valence-corrected chi connectivity index (χ3v) is 2.49. The molecule has 1 unspecified atom stereocenters. The zero-order chi connectivity index (χ0) is 12.3. The zero-order valence-electron chi connectivity index (χ0n) is 9.86. The van der Waals surface area contributed by atoms with Gasteiger partial charge in [-0.05, 0) is 6.92 Å². The standard InChI is InChI=1S/C11H17N3O2/c1-5-8(2)12-6-9-7-13(3)11(16)14(4)10(9)15/h5,7-8,12H,1,6H2,2-4H3. The lowest BCUT2D eigenvalue weighted by Gasteiger charge is -2.10. The lowest BCUT2D eigenvalue weighted by atomic mass is 10.3. The Morgan fingerprint density at radius 3 is 2.69 bits per heavy atom. The van der Waals surface area contributed by atoms with Gasteiger partial charge in [-0.25, -0.2) is 4.79 Å². The van der Waals surface area contributed by atoms with Gasteiger partial charge >= 0.3 is 5.69 Å². The van der Waals surface area contributed by atoms with Gasteiger partial charge in [0.1, 0.15) is 0 Å². The summed E-state index contributed by atoms with van der Waals surface area (Å²) in [5.41, 5.74) is -0.00400. The summed E-state index contributed by atoms with van der Waals surface area (Å²) in [5.74, 6) is 0. The summed E-state index contributed by atoms with van der Waals surface area (Å²) in [5, 5.41) is 3.12. The second kappa shape index (κ2) is 4.94. The van der Waals surface area contributed by atoms with Crippen molar-refractivity contribution in [2.45, 2.75) is 19.5 Å². The van der Waals surface area contributed by atoms with Gasteiger partial charge in [0.15, 0.2) is 0 Å². The van der Waals surface area contributed by atoms with Gasteiger partial charge in [0.25, 0.3) is 5.56 Å². The van der Waals surface area contributed by atoms with Crippen molar-refractivity contribution in [1.82, 2.24) is 14.5 Å². The van der Waals surface area contributed by atoms with Crippen LogP contribution in [0.25, 0.3) is 0 Å². The highest BCUT2D eigenvalue weighted by Gasteiger charge is 2.06. The molecule has 1 atom stereocenters. The number of rotatable bonds is 4. The van der Waals surface area contributed by atoms with Crippen LogP contribution in [0, 0.1) is 0 Å². The number of hydrogen-bond acceptors (Lipinski definition) is 3. The predicted molar refractivity (Wildman–Crippen MR) is 63.4 cm³/mol. The number of hydrogen-bond donors (Lipinski definition) is 1. The summed E-state index contributed by atoms with van der Waals surface area (Å²) in [6.07, 6.45) is 3.32. The molecule has 0 saturated carbocycles. The van der Waals surface area contributed by atoms with E-state index in [0.29, 0.717) is 12.1 Å². The van der Waals surface area contributed by atoms with E-state index in [1.165, 1.54) is 11.6 Å². The third kappa shape index (κ3) is 2.49. The van der Waals surface area contributed by atoms with Crippen LogP contribution in [0.2, 0.25) is 0 Å². The highest BCUT2D eigenvalue weighted by Crippen LogP contribution is 1.90. The molecule has 0 aliphatic carbocycles. The van der Waals surface area contributed by atoms with Crippen molar-refractivity contribution in [3.8, 4) is 0 Å². The lowest BCUT2D eigenvalue weighted by molar-refractivity contribution is 0.602. The van der Waals surface area contributed by atoms with Gasteiger partial charge in [0.05, 0.1) is 0 Å². The first-order valence-corrected chi connectivity index (χ1v) is 5.09. The predicted octanol–water partition coefficient (Wildman–Crippen LogP) is -0.252. The Balaban J connectivity index is 3.03. The van der Waals surface area contributed by atoms with E-state index in [-0.39, 0.29) is 17.3 Å². The normalized spacial score (nSPS) is 12.4. The van der Waals surface area contributed by atoms with E-state index in [4.69, 9.17) is 0 Å². The van der Waals surface area contributed by atoms with Gasteiger partial charge in [0, 0.05) is 38.4 Å². The minimum absolute atomic E-state index is 0.127. The Kier molecular flexibility index (Phi) is 3.84. The van der Waals surface area contributed by atoms with Crippen molar-refractivity contribution in [3.05, 3.63) is 45.3 Å². The molecule has 5 heteroatoms. The fourth-order valence-corrected chi connectivity index (χ4v) is 1.36. The van der Waals surface area contributed by atoms with Gasteiger partial charge in [-0.3, -0.25) is 9.36 Å². The van der Waals surface area contributed by atoms with Crippen LogP contribution in [0.5, 0.6) is 0 Å². The van der Waals surface area contributed by atoms with E-state index in [1.807, 2.05) is 6.92 Å². The Labute approximate surface area is 94.0 Å². The Morgan fingerprint density at radius 2 is 2.12 bits per heavy atom. The number of aromatic nitrogens is 2. The van der Waals surface area contributed by atoms with E-state index in [1.54, 1.807) is 19.3 Å².